The number of ether oxygens (including phenoxy) is 1. The number of carbonyl (C=O) groups is 1. The zero-order chi connectivity index (χ0) is 13.4. The van der Waals surface area contributed by atoms with E-state index in [2.05, 4.69) is 5.32 Å². The molecular weight excluding hydrogens is 285 g/mol. The van der Waals surface area contributed by atoms with Crippen LogP contribution in [0.25, 0.3) is 0 Å². The Morgan fingerprint density at radius 1 is 1.11 bits per heavy atom. The lowest BCUT2D eigenvalue weighted by molar-refractivity contribution is 0.0437. The van der Waals surface area contributed by atoms with E-state index in [1.54, 1.807) is 30.3 Å². The zero-order valence-electron chi connectivity index (χ0n) is 9.69. The molecule has 2 aromatic rings. The summed E-state index contributed by atoms with van der Waals surface area (Å²) in [6.07, 6.45) is -0.526. The van der Waals surface area contributed by atoms with E-state index in [1.165, 1.54) is 0 Å². The van der Waals surface area contributed by atoms with Crippen LogP contribution in [0.4, 0.5) is 5.69 Å². The van der Waals surface area contributed by atoms with Gasteiger partial charge in [-0.05, 0) is 24.3 Å². The highest BCUT2D eigenvalue weighted by Gasteiger charge is 2.30. The van der Waals surface area contributed by atoms with Gasteiger partial charge in [0.25, 0.3) is 0 Å². The van der Waals surface area contributed by atoms with E-state index in [-0.39, 0.29) is 5.97 Å². The van der Waals surface area contributed by atoms with E-state index in [1.807, 2.05) is 12.1 Å². The van der Waals surface area contributed by atoms with Gasteiger partial charge >= 0.3 is 5.97 Å². The molecule has 0 fully saturated rings. The minimum Gasteiger partial charge on any atom is -0.434 e. The summed E-state index contributed by atoms with van der Waals surface area (Å²) in [6.45, 7) is 0. The van der Waals surface area contributed by atoms with Crippen molar-refractivity contribution in [3.8, 4) is 0 Å². The number of carbonyl (C=O) groups excluding carboxylic acids is 1. The van der Waals surface area contributed by atoms with Gasteiger partial charge in [0.15, 0.2) is 0 Å². The SMILES string of the molecule is O=C1OC(Nc2ccc(Cl)cc2Cl)c2ccccc21. The van der Waals surface area contributed by atoms with E-state index >= 15 is 0 Å². The largest absolute Gasteiger partial charge is 0.434 e. The normalized spacial score (nSPS) is 16.9. The first-order valence-corrected chi connectivity index (χ1v) is 6.42. The maximum Gasteiger partial charge on any atom is 0.340 e. The third kappa shape index (κ3) is 2.27. The average Bonchev–Trinajstić information content (AvgIpc) is 2.71. The molecule has 96 valence electrons. The molecule has 19 heavy (non-hydrogen) atoms. The van der Waals surface area contributed by atoms with Crippen LogP contribution in [-0.2, 0) is 4.74 Å². The number of cyclic esters (lactones) is 1. The minimum atomic E-state index is -0.526. The van der Waals surface area contributed by atoms with Crippen molar-refractivity contribution in [1.29, 1.82) is 0 Å². The molecule has 0 aliphatic carbocycles. The molecule has 0 radical (unpaired) electrons. The molecule has 0 aromatic heterocycles. The minimum absolute atomic E-state index is 0.335. The van der Waals surface area contributed by atoms with E-state index in [9.17, 15) is 4.79 Å². The van der Waals surface area contributed by atoms with Crippen molar-refractivity contribution >= 4 is 34.9 Å². The van der Waals surface area contributed by atoms with E-state index in [4.69, 9.17) is 27.9 Å². The summed E-state index contributed by atoms with van der Waals surface area (Å²) in [5.74, 6) is -0.335. The number of fused-ring (bicyclic) bond motifs is 1. The molecule has 3 rings (SSSR count). The Morgan fingerprint density at radius 2 is 1.89 bits per heavy atom. The highest BCUT2D eigenvalue weighted by molar-refractivity contribution is 6.36. The summed E-state index contributed by atoms with van der Waals surface area (Å²) in [5.41, 5.74) is 2.05. The topological polar surface area (TPSA) is 38.3 Å². The van der Waals surface area contributed by atoms with E-state index < -0.39 is 6.23 Å². The second-order valence-electron chi connectivity index (χ2n) is 4.14. The Kier molecular flexibility index (Phi) is 3.09. The molecule has 3 nitrogen and oxygen atoms in total. The van der Waals surface area contributed by atoms with Gasteiger partial charge in [0.2, 0.25) is 6.23 Å². The quantitative estimate of drug-likeness (QED) is 0.840. The van der Waals surface area contributed by atoms with Crippen LogP contribution in [-0.4, -0.2) is 5.97 Å². The molecule has 0 saturated carbocycles. The van der Waals surface area contributed by atoms with Crippen LogP contribution in [0.15, 0.2) is 42.5 Å². The first-order valence-electron chi connectivity index (χ1n) is 5.66. The summed E-state index contributed by atoms with van der Waals surface area (Å²) < 4.78 is 5.28. The second kappa shape index (κ2) is 4.76. The Bertz CT molecular complexity index is 658. The number of hydrogen-bond donors (Lipinski definition) is 1. The predicted molar refractivity (Wildman–Crippen MR) is 74.7 cm³/mol. The van der Waals surface area contributed by atoms with Crippen molar-refractivity contribution in [1.82, 2.24) is 0 Å². The van der Waals surface area contributed by atoms with Crippen LogP contribution in [0.2, 0.25) is 10.0 Å². The van der Waals surface area contributed by atoms with Crippen molar-refractivity contribution in [3.05, 3.63) is 63.6 Å². The fourth-order valence-electron chi connectivity index (χ4n) is 2.00. The molecule has 5 heteroatoms. The standard InChI is InChI=1S/C14H9Cl2NO2/c15-8-5-6-12(11(16)7-8)17-13-9-3-1-2-4-10(9)14(18)19-13/h1-7,13,17H. The molecule has 1 aliphatic rings. The molecule has 1 N–H and O–H groups in total. The second-order valence-corrected chi connectivity index (χ2v) is 4.98. The lowest BCUT2D eigenvalue weighted by atomic mass is 10.1. The number of hydrogen-bond acceptors (Lipinski definition) is 3. The van der Waals surface area contributed by atoms with Gasteiger partial charge in [-0.25, -0.2) is 4.79 Å². The van der Waals surface area contributed by atoms with Crippen molar-refractivity contribution in [2.75, 3.05) is 5.32 Å². The smallest absolute Gasteiger partial charge is 0.340 e. The molecule has 1 heterocycles. The molecule has 1 aliphatic heterocycles. The van der Waals surface area contributed by atoms with Crippen LogP contribution in [0, 0.1) is 0 Å². The van der Waals surface area contributed by atoms with Crippen LogP contribution in [0.1, 0.15) is 22.1 Å². The molecule has 0 spiro atoms. The third-order valence-corrected chi connectivity index (χ3v) is 3.45. The van der Waals surface area contributed by atoms with Gasteiger partial charge in [0.05, 0.1) is 16.3 Å². The van der Waals surface area contributed by atoms with Crippen LogP contribution in [0.5, 0.6) is 0 Å². The number of nitrogens with one attached hydrogen (secondary N) is 1. The molecule has 1 unspecified atom stereocenters. The van der Waals surface area contributed by atoms with Crippen LogP contribution in [0.3, 0.4) is 0 Å². The number of rotatable bonds is 2. The van der Waals surface area contributed by atoms with Gasteiger partial charge in [-0.15, -0.1) is 0 Å². The van der Waals surface area contributed by atoms with Gasteiger partial charge in [-0.3, -0.25) is 0 Å². The van der Waals surface area contributed by atoms with Crippen LogP contribution < -0.4 is 5.32 Å². The van der Waals surface area contributed by atoms with Crippen molar-refractivity contribution < 1.29 is 9.53 Å². The molecule has 2 aromatic carbocycles. The lowest BCUT2D eigenvalue weighted by Gasteiger charge is -2.15. The number of esters is 1. The van der Waals surface area contributed by atoms with E-state index in [0.29, 0.717) is 21.3 Å². The Labute approximate surface area is 120 Å². The first kappa shape index (κ1) is 12.3. The summed E-state index contributed by atoms with van der Waals surface area (Å²) in [5, 5.41) is 4.12. The summed E-state index contributed by atoms with van der Waals surface area (Å²) in [4.78, 5) is 11.7. The summed E-state index contributed by atoms with van der Waals surface area (Å²) >= 11 is 11.9. The monoisotopic (exact) mass is 293 g/mol. The van der Waals surface area contributed by atoms with Gasteiger partial charge < -0.3 is 10.1 Å². The highest BCUT2D eigenvalue weighted by Crippen LogP contribution is 2.34. The van der Waals surface area contributed by atoms with Crippen LogP contribution >= 0.6 is 23.2 Å². The fraction of sp³-hybridized carbons (Fsp3) is 0.0714. The number of halogens is 2. The van der Waals surface area contributed by atoms with Gasteiger partial charge in [-0.1, -0.05) is 41.4 Å². The number of benzene rings is 2. The Balaban J connectivity index is 1.91. The maximum atomic E-state index is 11.7. The summed E-state index contributed by atoms with van der Waals surface area (Å²) in [7, 11) is 0. The zero-order valence-corrected chi connectivity index (χ0v) is 11.2. The van der Waals surface area contributed by atoms with Crippen molar-refractivity contribution in [3.63, 3.8) is 0 Å². The predicted octanol–water partition coefficient (Wildman–Crippen LogP) is 4.27. The molecular formula is C14H9Cl2NO2. The maximum absolute atomic E-state index is 11.7. The van der Waals surface area contributed by atoms with Gasteiger partial charge in [0.1, 0.15) is 0 Å². The number of anilines is 1. The fourth-order valence-corrected chi connectivity index (χ4v) is 2.46. The molecule has 0 amide bonds. The van der Waals surface area contributed by atoms with Gasteiger partial charge in [-0.2, -0.15) is 0 Å². The third-order valence-electron chi connectivity index (χ3n) is 2.91. The summed E-state index contributed by atoms with van der Waals surface area (Å²) in [6, 6.07) is 12.4. The highest BCUT2D eigenvalue weighted by atomic mass is 35.5. The molecule has 1 atom stereocenters. The van der Waals surface area contributed by atoms with Gasteiger partial charge in [0, 0.05) is 10.6 Å². The first-order chi connectivity index (χ1) is 9.15. The average molecular weight is 294 g/mol. The lowest BCUT2D eigenvalue weighted by Crippen LogP contribution is -2.10. The Hall–Kier alpha value is -1.71. The Morgan fingerprint density at radius 3 is 2.68 bits per heavy atom. The van der Waals surface area contributed by atoms with E-state index in [0.717, 1.165) is 5.56 Å². The van der Waals surface area contributed by atoms with Crippen molar-refractivity contribution in [2.45, 2.75) is 6.23 Å². The molecule has 0 bridgehead atoms. The molecule has 0 saturated heterocycles. The van der Waals surface area contributed by atoms with Crippen molar-refractivity contribution in [2.24, 2.45) is 0 Å².